The Morgan fingerprint density at radius 1 is 1.41 bits per heavy atom. The summed E-state index contributed by atoms with van der Waals surface area (Å²) in [5, 5.41) is 11.9. The summed E-state index contributed by atoms with van der Waals surface area (Å²) in [6.07, 6.45) is 1.57. The third-order valence-corrected chi connectivity index (χ3v) is 4.85. The minimum atomic E-state index is -0.201. The molecule has 1 aliphatic rings. The van der Waals surface area contributed by atoms with Crippen LogP contribution in [0, 0.1) is 17.2 Å². The average Bonchev–Trinajstić information content (AvgIpc) is 3.05. The van der Waals surface area contributed by atoms with Crippen molar-refractivity contribution in [2.24, 2.45) is 11.7 Å². The first kappa shape index (κ1) is 14.5. The van der Waals surface area contributed by atoms with Gasteiger partial charge in [-0.2, -0.15) is 5.26 Å². The summed E-state index contributed by atoms with van der Waals surface area (Å²) < 4.78 is 0. The molecule has 0 saturated carbocycles. The highest BCUT2D eigenvalue weighted by Gasteiger charge is 2.24. The van der Waals surface area contributed by atoms with Crippen molar-refractivity contribution in [3.8, 4) is 17.3 Å². The number of anilines is 1. The van der Waals surface area contributed by atoms with Gasteiger partial charge in [-0.15, -0.1) is 11.3 Å². The maximum atomic E-state index is 11.2. The van der Waals surface area contributed by atoms with Gasteiger partial charge in [0.15, 0.2) is 5.13 Å². The summed E-state index contributed by atoms with van der Waals surface area (Å²) in [5.74, 6) is -0.212. The van der Waals surface area contributed by atoms with E-state index in [1.54, 1.807) is 17.4 Å². The molecule has 0 radical (unpaired) electrons. The minimum absolute atomic E-state index is 0.0111. The van der Waals surface area contributed by atoms with E-state index in [0.717, 1.165) is 42.3 Å². The summed E-state index contributed by atoms with van der Waals surface area (Å²) in [6, 6.07) is 9.60. The summed E-state index contributed by atoms with van der Waals surface area (Å²) in [5.41, 5.74) is 7.83. The number of nitrogens with two attached hydrogens (primary N) is 1. The van der Waals surface area contributed by atoms with Gasteiger partial charge in [0.25, 0.3) is 0 Å². The Morgan fingerprint density at radius 3 is 2.86 bits per heavy atom. The molecule has 0 aliphatic carbocycles. The summed E-state index contributed by atoms with van der Waals surface area (Å²) >= 11 is 1.59. The number of hydrogen-bond acceptors (Lipinski definition) is 5. The zero-order valence-corrected chi connectivity index (χ0v) is 12.8. The molecule has 1 saturated heterocycles. The fourth-order valence-electron chi connectivity index (χ4n) is 2.65. The average molecular weight is 312 g/mol. The van der Waals surface area contributed by atoms with E-state index in [1.807, 2.05) is 23.6 Å². The molecule has 1 aromatic carbocycles. The number of carbonyl (C=O) groups excluding carboxylic acids is 1. The lowest BCUT2D eigenvalue weighted by molar-refractivity contribution is -0.122. The first-order chi connectivity index (χ1) is 10.7. The molecule has 6 heteroatoms. The number of amides is 1. The van der Waals surface area contributed by atoms with Crippen LogP contribution in [0.1, 0.15) is 18.4 Å². The van der Waals surface area contributed by atoms with Gasteiger partial charge < -0.3 is 10.6 Å². The number of hydrogen-bond donors (Lipinski definition) is 1. The molecule has 0 bridgehead atoms. The molecule has 3 rings (SSSR count). The highest BCUT2D eigenvalue weighted by molar-refractivity contribution is 7.14. The van der Waals surface area contributed by atoms with Gasteiger partial charge in [-0.25, -0.2) is 4.98 Å². The van der Waals surface area contributed by atoms with Gasteiger partial charge in [-0.1, -0.05) is 12.1 Å². The van der Waals surface area contributed by atoms with Crippen molar-refractivity contribution in [2.45, 2.75) is 12.8 Å². The van der Waals surface area contributed by atoms with Gasteiger partial charge in [0, 0.05) is 30.0 Å². The van der Waals surface area contributed by atoms with Crippen LogP contribution in [-0.2, 0) is 4.79 Å². The molecule has 22 heavy (non-hydrogen) atoms. The van der Waals surface area contributed by atoms with Crippen molar-refractivity contribution in [2.75, 3.05) is 18.0 Å². The predicted molar refractivity (Wildman–Crippen MR) is 86.4 cm³/mol. The molecule has 0 unspecified atom stereocenters. The fourth-order valence-corrected chi connectivity index (χ4v) is 3.53. The van der Waals surface area contributed by atoms with Crippen LogP contribution in [0.25, 0.3) is 11.3 Å². The smallest absolute Gasteiger partial charge is 0.220 e. The number of rotatable bonds is 3. The molecule has 112 valence electrons. The van der Waals surface area contributed by atoms with E-state index in [0.29, 0.717) is 5.56 Å². The number of primary amides is 1. The molecule has 2 aromatic rings. The lowest BCUT2D eigenvalue weighted by Crippen LogP contribution is -2.38. The molecule has 1 fully saturated rings. The van der Waals surface area contributed by atoms with Crippen molar-refractivity contribution in [1.82, 2.24) is 4.98 Å². The van der Waals surface area contributed by atoms with Crippen molar-refractivity contribution >= 4 is 22.4 Å². The Bertz CT molecular complexity index is 726. The number of thiazole rings is 1. The Kier molecular flexibility index (Phi) is 4.07. The molecular weight excluding hydrogens is 296 g/mol. The van der Waals surface area contributed by atoms with Crippen molar-refractivity contribution in [3.05, 3.63) is 35.2 Å². The highest BCUT2D eigenvalue weighted by atomic mass is 32.1. The van der Waals surface area contributed by atoms with E-state index < -0.39 is 0 Å². The van der Waals surface area contributed by atoms with E-state index in [-0.39, 0.29) is 11.8 Å². The van der Waals surface area contributed by atoms with Gasteiger partial charge in [-0.05, 0) is 25.0 Å². The molecular formula is C16H16N4OS. The fraction of sp³-hybridized carbons (Fsp3) is 0.312. The molecule has 1 amide bonds. The molecule has 1 aromatic heterocycles. The van der Waals surface area contributed by atoms with Gasteiger partial charge >= 0.3 is 0 Å². The molecule has 0 atom stereocenters. The molecule has 0 spiro atoms. The third-order valence-electron chi connectivity index (χ3n) is 3.95. The van der Waals surface area contributed by atoms with Crippen molar-refractivity contribution < 1.29 is 4.79 Å². The van der Waals surface area contributed by atoms with E-state index >= 15 is 0 Å². The van der Waals surface area contributed by atoms with Crippen LogP contribution in [0.5, 0.6) is 0 Å². The van der Waals surface area contributed by atoms with Crippen LogP contribution in [0.2, 0.25) is 0 Å². The maximum Gasteiger partial charge on any atom is 0.220 e. The van der Waals surface area contributed by atoms with Crippen molar-refractivity contribution in [1.29, 1.82) is 5.26 Å². The summed E-state index contributed by atoms with van der Waals surface area (Å²) in [6.45, 7) is 1.61. The van der Waals surface area contributed by atoms with Crippen LogP contribution in [0.3, 0.4) is 0 Å². The summed E-state index contributed by atoms with van der Waals surface area (Å²) in [7, 11) is 0. The second-order valence-electron chi connectivity index (χ2n) is 5.37. The van der Waals surface area contributed by atoms with Crippen LogP contribution in [-0.4, -0.2) is 24.0 Å². The van der Waals surface area contributed by atoms with Crippen LogP contribution < -0.4 is 10.6 Å². The van der Waals surface area contributed by atoms with Gasteiger partial charge in [0.1, 0.15) is 0 Å². The molecule has 2 N–H and O–H groups in total. The highest BCUT2D eigenvalue weighted by Crippen LogP contribution is 2.30. The van der Waals surface area contributed by atoms with E-state index in [1.165, 1.54) is 0 Å². The topological polar surface area (TPSA) is 83.0 Å². The zero-order chi connectivity index (χ0) is 15.5. The Labute approximate surface area is 133 Å². The quantitative estimate of drug-likeness (QED) is 0.943. The SMILES string of the molecule is N#Cc1cccc(-c2csc(N3CCC(C(N)=O)CC3)n2)c1. The Hall–Kier alpha value is -2.39. The first-order valence-corrected chi connectivity index (χ1v) is 8.05. The second-order valence-corrected chi connectivity index (χ2v) is 6.21. The van der Waals surface area contributed by atoms with Crippen molar-refractivity contribution in [3.63, 3.8) is 0 Å². The van der Waals surface area contributed by atoms with Crippen LogP contribution >= 0.6 is 11.3 Å². The zero-order valence-electron chi connectivity index (χ0n) is 12.0. The third kappa shape index (κ3) is 2.95. The lowest BCUT2D eigenvalue weighted by atomic mass is 9.97. The molecule has 5 nitrogen and oxygen atoms in total. The number of carbonyl (C=O) groups is 1. The lowest BCUT2D eigenvalue weighted by Gasteiger charge is -2.30. The van der Waals surface area contributed by atoms with E-state index in [9.17, 15) is 4.79 Å². The van der Waals surface area contributed by atoms with Gasteiger partial charge in [0.2, 0.25) is 5.91 Å². The standard InChI is InChI=1S/C16H16N4OS/c17-9-11-2-1-3-13(8-11)14-10-22-16(19-14)20-6-4-12(5-7-20)15(18)21/h1-3,8,10,12H,4-7H2,(H2,18,21). The maximum absolute atomic E-state index is 11.2. The Morgan fingerprint density at radius 2 is 2.18 bits per heavy atom. The number of nitriles is 1. The summed E-state index contributed by atoms with van der Waals surface area (Å²) in [4.78, 5) is 18.1. The number of piperidine rings is 1. The second kappa shape index (κ2) is 6.16. The number of benzene rings is 1. The van der Waals surface area contributed by atoms with Gasteiger partial charge in [-0.3, -0.25) is 4.79 Å². The van der Waals surface area contributed by atoms with Crippen LogP contribution in [0.4, 0.5) is 5.13 Å². The monoisotopic (exact) mass is 312 g/mol. The van der Waals surface area contributed by atoms with Gasteiger partial charge in [0.05, 0.1) is 17.3 Å². The number of nitrogens with zero attached hydrogens (tertiary/aromatic N) is 3. The normalized spacial score (nSPS) is 15.5. The van der Waals surface area contributed by atoms with E-state index in [4.69, 9.17) is 11.0 Å². The minimum Gasteiger partial charge on any atom is -0.369 e. The predicted octanol–water partition coefficient (Wildman–Crippen LogP) is 2.38. The van der Waals surface area contributed by atoms with E-state index in [2.05, 4.69) is 16.0 Å². The number of aromatic nitrogens is 1. The largest absolute Gasteiger partial charge is 0.369 e. The first-order valence-electron chi connectivity index (χ1n) is 7.17. The molecule has 1 aliphatic heterocycles. The molecule has 2 heterocycles. The Balaban J connectivity index is 1.74. The van der Waals surface area contributed by atoms with Crippen LogP contribution in [0.15, 0.2) is 29.6 Å².